The van der Waals surface area contributed by atoms with Crippen molar-refractivity contribution >= 4 is 44.8 Å². The SMILES string of the molecule is CCC(CCCCCNc1nccc([Si])c1C1CC1)COC(=O)CCSc1ccnc(N)c1C1CC1. The number of rotatable bonds is 16. The summed E-state index contributed by atoms with van der Waals surface area (Å²) in [6.07, 6.45) is 14.5. The number of carbonyl (C=O) groups is 1. The quantitative estimate of drug-likeness (QED) is 0.133. The second-order valence-corrected chi connectivity index (χ2v) is 11.8. The van der Waals surface area contributed by atoms with Crippen LogP contribution in [0.25, 0.3) is 0 Å². The second kappa shape index (κ2) is 13.5. The van der Waals surface area contributed by atoms with Gasteiger partial charge in [0.25, 0.3) is 0 Å². The van der Waals surface area contributed by atoms with Crippen LogP contribution in [0, 0.1) is 5.92 Å². The average molecular weight is 524 g/mol. The van der Waals surface area contributed by atoms with Crippen LogP contribution in [0.1, 0.15) is 94.1 Å². The van der Waals surface area contributed by atoms with Gasteiger partial charge in [-0.25, -0.2) is 9.97 Å². The van der Waals surface area contributed by atoms with Crippen LogP contribution in [0.5, 0.6) is 0 Å². The van der Waals surface area contributed by atoms with Crippen molar-refractivity contribution in [3.8, 4) is 0 Å². The number of hydrogen-bond acceptors (Lipinski definition) is 7. The van der Waals surface area contributed by atoms with Gasteiger partial charge in [-0.05, 0) is 74.0 Å². The lowest BCUT2D eigenvalue weighted by Crippen LogP contribution is -2.16. The lowest BCUT2D eigenvalue weighted by Gasteiger charge is -2.16. The largest absolute Gasteiger partial charge is 0.465 e. The molecule has 8 heteroatoms. The fraction of sp³-hybridized carbons (Fsp3) is 0.607. The highest BCUT2D eigenvalue weighted by Crippen LogP contribution is 2.46. The van der Waals surface area contributed by atoms with Crippen molar-refractivity contribution < 1.29 is 9.53 Å². The van der Waals surface area contributed by atoms with Gasteiger partial charge >= 0.3 is 5.97 Å². The Balaban J connectivity index is 1.07. The molecule has 0 bridgehead atoms. The number of nitrogen functional groups attached to an aromatic ring is 1. The van der Waals surface area contributed by atoms with E-state index in [2.05, 4.69) is 32.5 Å². The van der Waals surface area contributed by atoms with Crippen molar-refractivity contribution in [3.63, 3.8) is 0 Å². The van der Waals surface area contributed by atoms with Crippen molar-refractivity contribution in [2.45, 2.75) is 87.9 Å². The Morgan fingerprint density at radius 2 is 1.89 bits per heavy atom. The van der Waals surface area contributed by atoms with Gasteiger partial charge in [-0.1, -0.05) is 31.4 Å². The Morgan fingerprint density at radius 3 is 2.64 bits per heavy atom. The molecule has 1 atom stereocenters. The van der Waals surface area contributed by atoms with E-state index in [1.165, 1.54) is 48.4 Å². The van der Waals surface area contributed by atoms with E-state index >= 15 is 0 Å². The topological polar surface area (TPSA) is 90.1 Å². The zero-order valence-electron chi connectivity index (χ0n) is 21.4. The fourth-order valence-electron chi connectivity index (χ4n) is 4.65. The zero-order valence-corrected chi connectivity index (χ0v) is 23.2. The summed E-state index contributed by atoms with van der Waals surface area (Å²) in [6.45, 7) is 3.65. The van der Waals surface area contributed by atoms with Crippen LogP contribution < -0.4 is 16.2 Å². The Labute approximate surface area is 223 Å². The highest BCUT2D eigenvalue weighted by atomic mass is 32.2. The Kier molecular flexibility index (Phi) is 10.1. The molecule has 0 aliphatic heterocycles. The first-order valence-corrected chi connectivity index (χ1v) is 15.0. The van der Waals surface area contributed by atoms with Gasteiger partial charge in [-0.15, -0.1) is 11.8 Å². The van der Waals surface area contributed by atoms with E-state index < -0.39 is 0 Å². The van der Waals surface area contributed by atoms with Gasteiger partial charge in [0.15, 0.2) is 0 Å². The third-order valence-electron chi connectivity index (χ3n) is 7.14. The van der Waals surface area contributed by atoms with Gasteiger partial charge in [0.1, 0.15) is 11.6 Å². The third kappa shape index (κ3) is 7.97. The number of nitrogens with two attached hydrogens (primary N) is 1. The van der Waals surface area contributed by atoms with Crippen LogP contribution in [0.4, 0.5) is 11.6 Å². The van der Waals surface area contributed by atoms with E-state index in [1.807, 2.05) is 18.3 Å². The highest BCUT2D eigenvalue weighted by Gasteiger charge is 2.29. The summed E-state index contributed by atoms with van der Waals surface area (Å²) in [5, 5.41) is 4.71. The van der Waals surface area contributed by atoms with Crippen molar-refractivity contribution in [1.29, 1.82) is 0 Å². The predicted molar refractivity (Wildman–Crippen MR) is 149 cm³/mol. The number of hydrogen-bond donors (Lipinski definition) is 2. The summed E-state index contributed by atoms with van der Waals surface area (Å²) in [5.74, 6) is 3.93. The molecule has 3 radical (unpaired) electrons. The molecular weight excluding hydrogens is 484 g/mol. The maximum absolute atomic E-state index is 12.3. The fourth-order valence-corrected chi connectivity index (χ4v) is 6.12. The van der Waals surface area contributed by atoms with E-state index in [0.717, 1.165) is 42.9 Å². The molecule has 6 nitrogen and oxygen atoms in total. The van der Waals surface area contributed by atoms with Gasteiger partial charge in [-0.3, -0.25) is 4.79 Å². The molecular formula is C28H39N4O2SSi. The predicted octanol–water partition coefficient (Wildman–Crippen LogP) is 5.33. The second-order valence-electron chi connectivity index (χ2n) is 10.1. The molecule has 0 aromatic carbocycles. The van der Waals surface area contributed by atoms with Crippen LogP contribution in [-0.2, 0) is 9.53 Å². The average Bonchev–Trinajstić information content (AvgIpc) is 3.78. The number of nitrogens with one attached hydrogen (secondary N) is 1. The van der Waals surface area contributed by atoms with E-state index in [4.69, 9.17) is 10.5 Å². The van der Waals surface area contributed by atoms with Crippen molar-refractivity contribution in [3.05, 3.63) is 35.7 Å². The summed E-state index contributed by atoms with van der Waals surface area (Å²) < 4.78 is 5.62. The van der Waals surface area contributed by atoms with Gasteiger partial charge < -0.3 is 15.8 Å². The first-order valence-electron chi connectivity index (χ1n) is 13.5. The number of unbranched alkanes of at least 4 members (excludes halogenated alkanes) is 2. The van der Waals surface area contributed by atoms with E-state index in [0.29, 0.717) is 42.4 Å². The number of carbonyl (C=O) groups excluding carboxylic acids is 1. The van der Waals surface area contributed by atoms with Crippen LogP contribution in [0.15, 0.2) is 29.4 Å². The molecule has 2 saturated carbocycles. The molecule has 36 heavy (non-hydrogen) atoms. The highest BCUT2D eigenvalue weighted by molar-refractivity contribution is 7.99. The maximum atomic E-state index is 12.3. The Morgan fingerprint density at radius 1 is 1.14 bits per heavy atom. The number of ether oxygens (including phenoxy) is 1. The number of aromatic nitrogens is 2. The van der Waals surface area contributed by atoms with Gasteiger partial charge in [0.2, 0.25) is 0 Å². The summed E-state index contributed by atoms with van der Waals surface area (Å²) in [6, 6.07) is 4.05. The lowest BCUT2D eigenvalue weighted by atomic mass is 9.99. The van der Waals surface area contributed by atoms with Crippen LogP contribution >= 0.6 is 11.8 Å². The minimum atomic E-state index is -0.104. The molecule has 3 N–H and O–H groups in total. The summed E-state index contributed by atoms with van der Waals surface area (Å²) in [5.41, 5.74) is 8.60. The van der Waals surface area contributed by atoms with Gasteiger partial charge in [0.05, 0.1) is 23.3 Å². The molecule has 2 aliphatic rings. The molecule has 2 aromatic heterocycles. The van der Waals surface area contributed by atoms with Crippen LogP contribution in [0.2, 0.25) is 0 Å². The third-order valence-corrected chi connectivity index (χ3v) is 8.66. The number of thioether (sulfide) groups is 1. The smallest absolute Gasteiger partial charge is 0.306 e. The molecule has 2 aromatic rings. The van der Waals surface area contributed by atoms with Crippen LogP contribution in [-0.4, -0.2) is 45.1 Å². The lowest BCUT2D eigenvalue weighted by molar-refractivity contribution is -0.144. The minimum Gasteiger partial charge on any atom is -0.465 e. The van der Waals surface area contributed by atoms with Crippen molar-refractivity contribution in [1.82, 2.24) is 9.97 Å². The molecule has 4 rings (SSSR count). The first-order chi connectivity index (χ1) is 17.6. The number of nitrogens with zero attached hydrogens (tertiary/aromatic N) is 2. The molecule has 0 amide bonds. The summed E-state index contributed by atoms with van der Waals surface area (Å²) in [7, 11) is 3.74. The molecule has 2 aliphatic carbocycles. The normalized spacial score (nSPS) is 16.1. The Bertz CT molecular complexity index is 1010. The standard InChI is InChI=1S/C28H39N4O2SSi/c1-2-19(6-4-3-5-14-31-28-26(21-9-10-21)23(36)12-16-32-28)18-34-24(33)13-17-35-22-11-15-30-27(29)25(22)20-7-8-20/h11-12,15-16,19-21H,2-10,13-14,17-18H2,1H3,(H2,29,30)(H,31,32). The van der Waals surface area contributed by atoms with E-state index in [9.17, 15) is 4.79 Å². The summed E-state index contributed by atoms with van der Waals surface area (Å²) in [4.78, 5) is 22.3. The van der Waals surface area contributed by atoms with E-state index in [1.54, 1.807) is 18.0 Å². The monoisotopic (exact) mass is 523 g/mol. The molecule has 0 saturated heterocycles. The molecule has 193 valence electrons. The number of esters is 1. The molecule has 2 fully saturated rings. The van der Waals surface area contributed by atoms with Crippen molar-refractivity contribution in [2.75, 3.05) is 30.0 Å². The van der Waals surface area contributed by atoms with Gasteiger partial charge in [-0.2, -0.15) is 0 Å². The van der Waals surface area contributed by atoms with Gasteiger partial charge in [0, 0.05) is 35.2 Å². The summed E-state index contributed by atoms with van der Waals surface area (Å²) >= 11 is 1.69. The zero-order chi connectivity index (χ0) is 25.3. The van der Waals surface area contributed by atoms with Crippen molar-refractivity contribution in [2.24, 2.45) is 5.92 Å². The Hall–Kier alpha value is -2.06. The number of pyridine rings is 2. The molecule has 1 unspecified atom stereocenters. The van der Waals surface area contributed by atoms with E-state index in [-0.39, 0.29) is 5.97 Å². The first kappa shape index (κ1) is 27.0. The van der Waals surface area contributed by atoms with Crippen LogP contribution in [0.3, 0.4) is 0 Å². The molecule has 0 spiro atoms. The minimum absolute atomic E-state index is 0.104. The maximum Gasteiger partial charge on any atom is 0.306 e. The molecule has 2 heterocycles. The number of anilines is 2.